The maximum atomic E-state index is 5.56. The lowest BCUT2D eigenvalue weighted by atomic mass is 10.2. The highest BCUT2D eigenvalue weighted by Gasteiger charge is 1.95. The van der Waals surface area contributed by atoms with E-state index in [1.807, 2.05) is 24.3 Å². The van der Waals surface area contributed by atoms with Crippen LogP contribution in [0.5, 0.6) is 5.75 Å². The van der Waals surface area contributed by atoms with E-state index >= 15 is 0 Å². The van der Waals surface area contributed by atoms with Gasteiger partial charge in [-0.15, -0.1) is 0 Å². The molecule has 100 valence electrons. The molecule has 4 nitrogen and oxygen atoms in total. The Hall–Kier alpha value is -1.33. The molecule has 1 aromatic rings. The maximum Gasteiger partial charge on any atom is 0.166 e. The quantitative estimate of drug-likeness (QED) is 0.579. The van der Waals surface area contributed by atoms with E-state index in [1.54, 1.807) is 7.11 Å². The van der Waals surface area contributed by atoms with Gasteiger partial charge in [0.1, 0.15) is 12.4 Å². The molecule has 0 saturated heterocycles. The van der Waals surface area contributed by atoms with Crippen LogP contribution in [0.15, 0.2) is 24.3 Å². The van der Waals surface area contributed by atoms with Crippen LogP contribution in [-0.4, -0.2) is 38.5 Å². The van der Waals surface area contributed by atoms with Gasteiger partial charge in [0.15, 0.2) is 5.11 Å². The Labute approximate surface area is 114 Å². The van der Waals surface area contributed by atoms with Gasteiger partial charge in [-0.05, 0) is 31.3 Å². The zero-order valence-corrected chi connectivity index (χ0v) is 11.7. The summed E-state index contributed by atoms with van der Waals surface area (Å²) in [5, 5.41) is 6.72. The first-order chi connectivity index (χ1) is 8.72. The zero-order chi connectivity index (χ0) is 13.2. The van der Waals surface area contributed by atoms with Crippen molar-refractivity contribution in [3.05, 3.63) is 29.8 Å². The van der Waals surface area contributed by atoms with Crippen molar-refractivity contribution in [3.8, 4) is 5.75 Å². The molecule has 1 aromatic carbocycles. The van der Waals surface area contributed by atoms with E-state index in [1.165, 1.54) is 5.56 Å². The molecular weight excluding hydrogens is 248 g/mol. The van der Waals surface area contributed by atoms with E-state index in [0.29, 0.717) is 31.4 Å². The van der Waals surface area contributed by atoms with Crippen LogP contribution in [0.25, 0.3) is 0 Å². The van der Waals surface area contributed by atoms with Gasteiger partial charge in [-0.3, -0.25) is 0 Å². The number of thiocarbonyl (C=S) groups is 1. The summed E-state index contributed by atoms with van der Waals surface area (Å²) in [5.74, 6) is 0.876. The average Bonchev–Trinajstić information content (AvgIpc) is 2.37. The molecule has 0 aliphatic heterocycles. The van der Waals surface area contributed by atoms with Gasteiger partial charge >= 0.3 is 0 Å². The lowest BCUT2D eigenvalue weighted by Gasteiger charge is -2.11. The van der Waals surface area contributed by atoms with E-state index in [-0.39, 0.29) is 0 Å². The summed E-state index contributed by atoms with van der Waals surface area (Å²) in [5.41, 5.74) is 1.23. The monoisotopic (exact) mass is 268 g/mol. The molecule has 0 spiro atoms. The number of aryl methyl sites for hydroxylation is 1. The SMILES string of the molecule is COCCNC(=S)NCCOc1ccc(C)cc1. The molecule has 0 saturated carbocycles. The minimum Gasteiger partial charge on any atom is -0.492 e. The number of rotatable bonds is 7. The third kappa shape index (κ3) is 6.42. The first-order valence-corrected chi connectivity index (χ1v) is 6.33. The van der Waals surface area contributed by atoms with E-state index in [4.69, 9.17) is 21.7 Å². The second-order valence-corrected chi connectivity index (χ2v) is 4.25. The Morgan fingerprint density at radius 3 is 2.33 bits per heavy atom. The van der Waals surface area contributed by atoms with Crippen molar-refractivity contribution in [2.24, 2.45) is 0 Å². The van der Waals surface area contributed by atoms with E-state index in [0.717, 1.165) is 5.75 Å². The van der Waals surface area contributed by atoms with Crippen molar-refractivity contribution in [2.45, 2.75) is 6.92 Å². The molecule has 0 fully saturated rings. The number of methoxy groups -OCH3 is 1. The molecule has 0 amide bonds. The number of benzene rings is 1. The fourth-order valence-electron chi connectivity index (χ4n) is 1.30. The van der Waals surface area contributed by atoms with Crippen molar-refractivity contribution in [1.82, 2.24) is 10.6 Å². The molecule has 1 rings (SSSR count). The summed E-state index contributed by atoms with van der Waals surface area (Å²) in [6.07, 6.45) is 0. The normalized spacial score (nSPS) is 9.89. The van der Waals surface area contributed by atoms with Crippen LogP contribution in [0.2, 0.25) is 0 Å². The van der Waals surface area contributed by atoms with Crippen LogP contribution in [0.3, 0.4) is 0 Å². The molecule has 0 bridgehead atoms. The highest BCUT2D eigenvalue weighted by molar-refractivity contribution is 7.80. The van der Waals surface area contributed by atoms with Crippen LogP contribution >= 0.6 is 12.2 Å². The van der Waals surface area contributed by atoms with Gasteiger partial charge in [-0.25, -0.2) is 0 Å². The largest absolute Gasteiger partial charge is 0.492 e. The Morgan fingerprint density at radius 1 is 1.11 bits per heavy atom. The number of hydrogen-bond donors (Lipinski definition) is 2. The van der Waals surface area contributed by atoms with Crippen LogP contribution in [0.1, 0.15) is 5.56 Å². The van der Waals surface area contributed by atoms with Crippen molar-refractivity contribution in [3.63, 3.8) is 0 Å². The lowest BCUT2D eigenvalue weighted by molar-refractivity contribution is 0.204. The zero-order valence-electron chi connectivity index (χ0n) is 10.9. The van der Waals surface area contributed by atoms with Crippen molar-refractivity contribution < 1.29 is 9.47 Å². The van der Waals surface area contributed by atoms with Gasteiger partial charge in [0.2, 0.25) is 0 Å². The summed E-state index contributed by atoms with van der Waals surface area (Å²) in [4.78, 5) is 0. The van der Waals surface area contributed by atoms with Gasteiger partial charge in [-0.2, -0.15) is 0 Å². The minimum atomic E-state index is 0.579. The number of hydrogen-bond acceptors (Lipinski definition) is 3. The van der Waals surface area contributed by atoms with E-state index in [9.17, 15) is 0 Å². The molecule has 0 aliphatic rings. The second kappa shape index (κ2) is 8.72. The average molecular weight is 268 g/mol. The molecule has 0 radical (unpaired) electrons. The molecule has 0 unspecified atom stereocenters. The summed E-state index contributed by atoms with van der Waals surface area (Å²) in [6.45, 7) is 4.65. The Kier molecular flexibility index (Phi) is 7.13. The van der Waals surface area contributed by atoms with Crippen LogP contribution in [-0.2, 0) is 4.74 Å². The molecule has 18 heavy (non-hydrogen) atoms. The fraction of sp³-hybridized carbons (Fsp3) is 0.462. The molecule has 0 aromatic heterocycles. The van der Waals surface area contributed by atoms with Gasteiger partial charge in [-0.1, -0.05) is 17.7 Å². The van der Waals surface area contributed by atoms with Crippen LogP contribution in [0.4, 0.5) is 0 Å². The first-order valence-electron chi connectivity index (χ1n) is 5.92. The molecule has 0 heterocycles. The van der Waals surface area contributed by atoms with Crippen molar-refractivity contribution in [1.29, 1.82) is 0 Å². The first kappa shape index (κ1) is 14.7. The predicted molar refractivity (Wildman–Crippen MR) is 77.2 cm³/mol. The molecule has 2 N–H and O–H groups in total. The molecular formula is C13H20N2O2S. The maximum absolute atomic E-state index is 5.56. The number of nitrogens with one attached hydrogen (secondary N) is 2. The summed E-state index contributed by atoms with van der Waals surface area (Å²) in [6, 6.07) is 7.98. The molecule has 0 aliphatic carbocycles. The summed E-state index contributed by atoms with van der Waals surface area (Å²) >= 11 is 5.08. The van der Waals surface area contributed by atoms with E-state index < -0.39 is 0 Å². The lowest BCUT2D eigenvalue weighted by Crippen LogP contribution is -2.38. The molecule has 5 heteroatoms. The third-order valence-corrected chi connectivity index (χ3v) is 2.56. The van der Waals surface area contributed by atoms with Crippen molar-refractivity contribution >= 4 is 17.3 Å². The predicted octanol–water partition coefficient (Wildman–Crippen LogP) is 1.48. The smallest absolute Gasteiger partial charge is 0.166 e. The summed E-state index contributed by atoms with van der Waals surface area (Å²) in [7, 11) is 1.66. The highest BCUT2D eigenvalue weighted by Crippen LogP contribution is 2.10. The standard InChI is InChI=1S/C13H20N2O2S/c1-11-3-5-12(6-4-11)17-10-8-15-13(18)14-7-9-16-2/h3-6H,7-10H2,1-2H3,(H2,14,15,18). The highest BCUT2D eigenvalue weighted by atomic mass is 32.1. The van der Waals surface area contributed by atoms with Crippen LogP contribution < -0.4 is 15.4 Å². The number of ether oxygens (including phenoxy) is 2. The molecule has 0 atom stereocenters. The topological polar surface area (TPSA) is 42.5 Å². The minimum absolute atomic E-state index is 0.579. The Balaban J connectivity index is 2.07. The second-order valence-electron chi connectivity index (χ2n) is 3.84. The van der Waals surface area contributed by atoms with Crippen molar-refractivity contribution in [2.75, 3.05) is 33.4 Å². The van der Waals surface area contributed by atoms with Gasteiger partial charge in [0, 0.05) is 13.7 Å². The summed E-state index contributed by atoms with van der Waals surface area (Å²) < 4.78 is 10.5. The van der Waals surface area contributed by atoms with Crippen LogP contribution in [0, 0.1) is 6.92 Å². The van der Waals surface area contributed by atoms with Gasteiger partial charge in [0.25, 0.3) is 0 Å². The van der Waals surface area contributed by atoms with Gasteiger partial charge in [0.05, 0.1) is 13.2 Å². The Morgan fingerprint density at radius 2 is 1.72 bits per heavy atom. The Bertz CT molecular complexity index is 355. The third-order valence-electron chi connectivity index (χ3n) is 2.27. The fourth-order valence-corrected chi connectivity index (χ4v) is 1.50. The van der Waals surface area contributed by atoms with E-state index in [2.05, 4.69) is 17.6 Å². The van der Waals surface area contributed by atoms with Gasteiger partial charge < -0.3 is 20.1 Å².